The number of fused-ring (bicyclic) bond motifs is 2. The number of rotatable bonds is 15. The molecule has 10 nitrogen and oxygen atoms in total. The number of hydrogen-bond acceptors (Lipinski definition) is 6. The van der Waals surface area contributed by atoms with E-state index in [1.807, 2.05) is 36.4 Å². The first-order valence-corrected chi connectivity index (χ1v) is 24.4. The van der Waals surface area contributed by atoms with E-state index in [1.54, 1.807) is 17.0 Å². The molecule has 0 unspecified atom stereocenters. The van der Waals surface area contributed by atoms with Gasteiger partial charge >= 0.3 is 6.09 Å². The van der Waals surface area contributed by atoms with Gasteiger partial charge in [0.1, 0.15) is 5.75 Å². The highest BCUT2D eigenvalue weighted by atomic mass is 28.4. The number of benzene rings is 4. The van der Waals surface area contributed by atoms with E-state index in [0.29, 0.717) is 18.6 Å². The fourth-order valence-corrected chi connectivity index (χ4v) is 9.69. The number of phenolic OH excluding ortho intramolecular Hbond substituents is 1. The molecule has 1 aliphatic rings. The summed E-state index contributed by atoms with van der Waals surface area (Å²) in [5, 5.41) is 26.7. The van der Waals surface area contributed by atoms with E-state index in [9.17, 15) is 19.8 Å². The molecular formula is C49H61N5O5Si. The Hall–Kier alpha value is -5.20. The number of nitrogens with zero attached hydrogens (tertiary/aromatic N) is 2. The second-order valence-corrected chi connectivity index (χ2v) is 22.8. The van der Waals surface area contributed by atoms with Gasteiger partial charge < -0.3 is 35.2 Å². The summed E-state index contributed by atoms with van der Waals surface area (Å²) >= 11 is 0. The molecule has 0 radical (unpaired) electrons. The Morgan fingerprint density at radius 1 is 0.950 bits per heavy atom. The molecule has 11 heteroatoms. The van der Waals surface area contributed by atoms with Crippen molar-refractivity contribution in [3.63, 3.8) is 0 Å². The Morgan fingerprint density at radius 3 is 2.43 bits per heavy atom. The lowest BCUT2D eigenvalue weighted by Crippen LogP contribution is -2.44. The van der Waals surface area contributed by atoms with Crippen molar-refractivity contribution in [3.8, 4) is 16.9 Å². The molecule has 0 saturated heterocycles. The average molecular weight is 828 g/mol. The molecule has 6 aromatic rings. The van der Waals surface area contributed by atoms with E-state index >= 15 is 0 Å². The molecular weight excluding hydrogens is 767 g/mol. The topological polar surface area (TPSA) is 146 Å². The number of amides is 1. The van der Waals surface area contributed by atoms with E-state index < -0.39 is 14.4 Å². The van der Waals surface area contributed by atoms with Crippen LogP contribution in [0.1, 0.15) is 82.1 Å². The first-order valence-electron chi connectivity index (χ1n) is 21.5. The van der Waals surface area contributed by atoms with Crippen LogP contribution in [-0.4, -0.2) is 52.8 Å². The Balaban J connectivity index is 1.00. The summed E-state index contributed by atoms with van der Waals surface area (Å²) in [6.45, 7) is 13.3. The number of H-pyrrole nitrogens is 1. The molecule has 0 spiro atoms. The lowest BCUT2D eigenvalue weighted by Gasteiger charge is -2.39. The minimum Gasteiger partial charge on any atom is -0.506 e. The summed E-state index contributed by atoms with van der Waals surface area (Å²) in [7, 11) is -2.20. The number of carboxylic acid groups (broad SMARTS) is 1. The third kappa shape index (κ3) is 9.71. The van der Waals surface area contributed by atoms with Crippen LogP contribution in [-0.2, 0) is 23.9 Å². The lowest BCUT2D eigenvalue weighted by molar-refractivity contribution is 0.181. The van der Waals surface area contributed by atoms with Gasteiger partial charge in [-0.3, -0.25) is 9.69 Å². The van der Waals surface area contributed by atoms with Gasteiger partial charge in [-0.2, -0.15) is 0 Å². The van der Waals surface area contributed by atoms with Crippen molar-refractivity contribution < 1.29 is 19.4 Å². The van der Waals surface area contributed by atoms with Crippen LogP contribution in [0, 0.1) is 0 Å². The van der Waals surface area contributed by atoms with Gasteiger partial charge in [-0.25, -0.2) is 4.79 Å². The molecule has 7 rings (SSSR count). The number of carbonyl (C=O) groups is 1. The highest BCUT2D eigenvalue weighted by Crippen LogP contribution is 2.41. The Morgan fingerprint density at radius 2 is 1.70 bits per heavy atom. The first kappa shape index (κ1) is 42.9. The number of aromatic hydroxyl groups is 1. The van der Waals surface area contributed by atoms with Crippen molar-refractivity contribution in [2.75, 3.05) is 11.4 Å². The number of hydrogen-bond donors (Lipinski definition) is 5. The zero-order chi connectivity index (χ0) is 42.6. The highest BCUT2D eigenvalue weighted by Gasteiger charge is 2.40. The zero-order valence-electron chi connectivity index (χ0n) is 35.7. The van der Waals surface area contributed by atoms with Crippen LogP contribution in [0.15, 0.2) is 108 Å². The Kier molecular flexibility index (Phi) is 13.0. The standard InChI is InChI=1S/C49H61N5O5Si/c1-49(2,3)60(4,5)59-45(40-21-24-44(55)47-41(40)22-25-46(56)52-47)32-51-31-34-15-23-42-36(29-34)26-28-53(42)27-10-9-11-33-14-20-39(35-12-7-6-8-13-35)43(30-33)54(48(57)58)38-18-16-37(50)17-19-38/h6-8,12-15,20-26,28-30,37-38,45,51,55H,9-11,16-19,27,31-32,50H2,1-5H3,(H,52,56)(H,57,58)/t37-,38-,45-/m0/s1. The number of aromatic nitrogens is 2. The smallest absolute Gasteiger partial charge is 0.412 e. The second kappa shape index (κ2) is 18.2. The van der Waals surface area contributed by atoms with Gasteiger partial charge in [0.25, 0.3) is 0 Å². The lowest BCUT2D eigenvalue weighted by atomic mass is 9.89. The van der Waals surface area contributed by atoms with Crippen molar-refractivity contribution in [1.82, 2.24) is 14.9 Å². The maximum absolute atomic E-state index is 12.8. The predicted molar refractivity (Wildman–Crippen MR) is 246 cm³/mol. The molecule has 60 heavy (non-hydrogen) atoms. The largest absolute Gasteiger partial charge is 0.506 e. The summed E-state index contributed by atoms with van der Waals surface area (Å²) < 4.78 is 9.32. The zero-order valence-corrected chi connectivity index (χ0v) is 36.7. The van der Waals surface area contributed by atoms with Gasteiger partial charge in [0.2, 0.25) is 5.56 Å². The monoisotopic (exact) mass is 827 g/mol. The van der Waals surface area contributed by atoms with E-state index in [0.717, 1.165) is 84.8 Å². The second-order valence-electron chi connectivity index (χ2n) is 18.1. The van der Waals surface area contributed by atoms with Crippen molar-refractivity contribution in [2.24, 2.45) is 5.73 Å². The van der Waals surface area contributed by atoms with Crippen LogP contribution in [0.5, 0.6) is 5.75 Å². The quantitative estimate of drug-likeness (QED) is 0.0512. The fraction of sp³-hybridized carbons (Fsp3) is 0.388. The molecule has 2 heterocycles. The SMILES string of the molecule is CC(C)(C)[Si](C)(C)O[C@@H](CNCc1ccc2c(ccn2CCCCc2ccc(-c3ccccc3)c(N(C(=O)O)[C@H]3CC[C@H](N)CC3)c2)c1)c1ccc(O)c2[nH]c(=O)ccc12. The molecule has 316 valence electrons. The molecule has 6 N–H and O–H groups in total. The summed E-state index contributed by atoms with van der Waals surface area (Å²) in [6.07, 6.45) is 6.99. The number of nitrogens with one attached hydrogen (secondary N) is 2. The maximum Gasteiger partial charge on any atom is 0.412 e. The average Bonchev–Trinajstić information content (AvgIpc) is 3.62. The summed E-state index contributed by atoms with van der Waals surface area (Å²) in [6, 6.07) is 32.1. The molecule has 1 amide bonds. The minimum atomic E-state index is -2.20. The molecule has 4 aromatic carbocycles. The van der Waals surface area contributed by atoms with Crippen molar-refractivity contribution in [1.29, 1.82) is 0 Å². The Labute approximate surface area is 354 Å². The van der Waals surface area contributed by atoms with Crippen LogP contribution in [0.25, 0.3) is 32.9 Å². The number of pyridine rings is 1. The van der Waals surface area contributed by atoms with Crippen LogP contribution in [0.4, 0.5) is 10.5 Å². The van der Waals surface area contributed by atoms with Gasteiger partial charge in [0.15, 0.2) is 8.32 Å². The van der Waals surface area contributed by atoms with Crippen LogP contribution < -0.4 is 21.5 Å². The summed E-state index contributed by atoms with van der Waals surface area (Å²) in [5.74, 6) is 0.0406. The summed E-state index contributed by atoms with van der Waals surface area (Å²) in [5.41, 5.74) is 13.5. The van der Waals surface area contributed by atoms with E-state index in [2.05, 4.69) is 97.4 Å². The third-order valence-electron chi connectivity index (χ3n) is 12.8. The van der Waals surface area contributed by atoms with Crippen LogP contribution in [0.3, 0.4) is 0 Å². The number of aryl methyl sites for hydroxylation is 2. The maximum atomic E-state index is 12.8. The highest BCUT2D eigenvalue weighted by molar-refractivity contribution is 6.74. The number of unbranched alkanes of at least 4 members (excludes halogenated alkanes) is 1. The van der Waals surface area contributed by atoms with Gasteiger partial charge in [0.05, 0.1) is 17.3 Å². The van der Waals surface area contributed by atoms with Gasteiger partial charge in [-0.15, -0.1) is 0 Å². The van der Waals surface area contributed by atoms with Gasteiger partial charge in [0, 0.05) is 60.4 Å². The van der Waals surface area contributed by atoms with E-state index in [-0.39, 0.29) is 34.5 Å². The minimum absolute atomic E-state index is 0.00390. The molecule has 1 fully saturated rings. The third-order valence-corrected chi connectivity index (χ3v) is 17.3. The summed E-state index contributed by atoms with van der Waals surface area (Å²) in [4.78, 5) is 29.4. The first-order chi connectivity index (χ1) is 28.7. The molecule has 1 saturated carbocycles. The number of phenols is 1. The van der Waals surface area contributed by atoms with Crippen LogP contribution >= 0.6 is 0 Å². The fourth-order valence-electron chi connectivity index (χ4n) is 8.41. The van der Waals surface area contributed by atoms with Gasteiger partial charge in [-0.1, -0.05) is 75.4 Å². The van der Waals surface area contributed by atoms with Crippen molar-refractivity contribution in [3.05, 3.63) is 130 Å². The molecule has 0 aliphatic heterocycles. The van der Waals surface area contributed by atoms with E-state index in [4.69, 9.17) is 10.2 Å². The van der Waals surface area contributed by atoms with Crippen molar-refractivity contribution in [2.45, 2.75) is 115 Å². The predicted octanol–water partition coefficient (Wildman–Crippen LogP) is 10.5. The van der Waals surface area contributed by atoms with E-state index in [1.165, 1.54) is 22.5 Å². The number of nitrogens with two attached hydrogens (primary N) is 1. The number of anilines is 1. The Bertz CT molecular complexity index is 2480. The molecule has 1 atom stereocenters. The normalized spacial score (nSPS) is 16.6. The molecule has 2 aromatic heterocycles. The van der Waals surface area contributed by atoms with Crippen LogP contribution in [0.2, 0.25) is 18.1 Å². The van der Waals surface area contributed by atoms with Gasteiger partial charge in [-0.05, 0) is 127 Å². The molecule has 0 bridgehead atoms. The molecule has 1 aliphatic carbocycles. The van der Waals surface area contributed by atoms with Crippen molar-refractivity contribution >= 4 is 41.9 Å². The number of aromatic amines is 1.